The molecule has 0 heterocycles. The molecule has 0 aliphatic rings. The van der Waals surface area contributed by atoms with Gasteiger partial charge < -0.3 is 20.8 Å². The Kier molecular flexibility index (Phi) is 21.0. The van der Waals surface area contributed by atoms with Crippen LogP contribution in [0.2, 0.25) is 0 Å². The van der Waals surface area contributed by atoms with Crippen LogP contribution in [0, 0.1) is 0 Å². The predicted octanol–water partition coefficient (Wildman–Crippen LogP) is 2.52. The number of rotatable bonds is 6. The van der Waals surface area contributed by atoms with E-state index in [0.29, 0.717) is 0 Å². The third-order valence-electron chi connectivity index (χ3n) is 1.83. The third kappa shape index (κ3) is 21.8. The summed E-state index contributed by atoms with van der Waals surface area (Å²) in [5, 5.41) is 16.2. The van der Waals surface area contributed by atoms with Gasteiger partial charge in [-0.05, 0) is 37.3 Å². The van der Waals surface area contributed by atoms with Crippen molar-refractivity contribution in [1.29, 1.82) is 0 Å². The summed E-state index contributed by atoms with van der Waals surface area (Å²) in [5.74, 6) is 0. The first-order valence-electron chi connectivity index (χ1n) is 5.41. The van der Waals surface area contributed by atoms with E-state index in [0.717, 1.165) is 38.8 Å². The molecule has 4 nitrogen and oxygen atoms in total. The topological polar surface area (TPSA) is 69.7 Å². The Labute approximate surface area is 129 Å². The monoisotopic (exact) mass is 364 g/mol. The summed E-state index contributed by atoms with van der Waals surface area (Å²) < 4.78 is 0. The van der Waals surface area contributed by atoms with E-state index >= 15 is 0 Å². The number of nitrogens with two attached hydrogens (primary N) is 1. The third-order valence-corrected chi connectivity index (χ3v) is 2.09. The summed E-state index contributed by atoms with van der Waals surface area (Å²) in [6.45, 7) is 6.06. The van der Waals surface area contributed by atoms with Gasteiger partial charge in [0.1, 0.15) is 0 Å². The van der Waals surface area contributed by atoms with Gasteiger partial charge in [-0.1, -0.05) is 26.7 Å². The first-order valence-corrected chi connectivity index (χ1v) is 6.23. The minimum Gasteiger partial charge on any atom is -0.487 e. The zero-order valence-corrected chi connectivity index (χ0v) is 14.0. The Morgan fingerprint density at radius 3 is 1.53 bits per heavy atom. The van der Waals surface area contributed by atoms with Crippen molar-refractivity contribution in [2.45, 2.75) is 39.5 Å². The quantitative estimate of drug-likeness (QED) is 0.498. The Morgan fingerprint density at radius 2 is 1.35 bits per heavy atom. The van der Waals surface area contributed by atoms with Gasteiger partial charge >= 0.3 is 0 Å². The fourth-order valence-corrected chi connectivity index (χ4v) is 1.18. The van der Waals surface area contributed by atoms with Crippen molar-refractivity contribution in [2.24, 2.45) is 5.73 Å². The van der Waals surface area contributed by atoms with Crippen LogP contribution in [0.3, 0.4) is 0 Å². The molecule has 0 aromatic carbocycles. The zero-order valence-electron chi connectivity index (χ0n) is 10.4. The molecule has 4 N–H and O–H groups in total. The minimum atomic E-state index is -0.500. The Bertz CT molecular complexity index is 195. The standard InChI is InChI=1S/C9H19NOS.CH3NOS.Mo/c1-3-5-7-10(9(11)12)8-6-4-2;2-1(3)4;/h3-8H2,1-2H3,(H,11,12);(H3,2,3,4);. The molecule has 0 aliphatic carbocycles. The van der Waals surface area contributed by atoms with Gasteiger partial charge in [-0.3, -0.25) is 0 Å². The summed E-state index contributed by atoms with van der Waals surface area (Å²) in [7, 11) is 0. The molecule has 0 saturated heterocycles. The van der Waals surface area contributed by atoms with Crippen molar-refractivity contribution in [3.05, 3.63) is 0 Å². The van der Waals surface area contributed by atoms with Crippen LogP contribution in [0.1, 0.15) is 39.5 Å². The van der Waals surface area contributed by atoms with Gasteiger partial charge in [-0.25, -0.2) is 0 Å². The second-order valence-corrected chi connectivity index (χ2v) is 4.10. The van der Waals surface area contributed by atoms with E-state index in [4.69, 9.17) is 22.4 Å². The number of unbranched alkanes of at least 4 members (excludes halogenated alkanes) is 2. The molecule has 7 heteroatoms. The van der Waals surface area contributed by atoms with E-state index in [1.54, 1.807) is 0 Å². The molecular weight excluding hydrogens is 340 g/mol. The van der Waals surface area contributed by atoms with Crippen molar-refractivity contribution >= 4 is 34.8 Å². The molecule has 0 aliphatic heterocycles. The molecule has 0 saturated carbocycles. The van der Waals surface area contributed by atoms with Gasteiger partial charge in [0.15, 0.2) is 0 Å². The molecule has 17 heavy (non-hydrogen) atoms. The number of hydrogen-bond donors (Lipinski definition) is 3. The van der Waals surface area contributed by atoms with Crippen LogP contribution < -0.4 is 5.73 Å². The molecule has 0 unspecified atom stereocenters. The Hall–Kier alpha value is 0.0683. The average Bonchev–Trinajstić information content (AvgIpc) is 2.16. The van der Waals surface area contributed by atoms with Crippen LogP contribution in [0.4, 0.5) is 0 Å². The first kappa shape index (κ1) is 22.3. The summed E-state index contributed by atoms with van der Waals surface area (Å²) in [6.07, 6.45) is 4.49. The van der Waals surface area contributed by atoms with Gasteiger partial charge in [0.2, 0.25) is 0 Å². The van der Waals surface area contributed by atoms with E-state index in [2.05, 4.69) is 31.8 Å². The Morgan fingerprint density at radius 1 is 1.06 bits per heavy atom. The van der Waals surface area contributed by atoms with Crippen molar-refractivity contribution in [1.82, 2.24) is 4.90 Å². The second-order valence-electron chi connectivity index (χ2n) is 3.31. The van der Waals surface area contributed by atoms with Gasteiger partial charge in [0.05, 0.1) is 0 Å². The van der Waals surface area contributed by atoms with Crippen molar-refractivity contribution in [2.75, 3.05) is 13.1 Å². The predicted molar refractivity (Wildman–Crippen MR) is 76.0 cm³/mol. The van der Waals surface area contributed by atoms with Crippen LogP contribution in [-0.4, -0.2) is 38.6 Å². The molecule has 0 radical (unpaired) electrons. The molecule has 0 fully saturated rings. The fourth-order valence-electron chi connectivity index (χ4n) is 1.00. The molecule has 0 atom stereocenters. The molecule has 0 amide bonds. The van der Waals surface area contributed by atoms with Crippen LogP contribution in [0.5, 0.6) is 0 Å². The van der Waals surface area contributed by atoms with Crippen LogP contribution in [-0.2, 0) is 21.1 Å². The fraction of sp³-hybridized carbons (Fsp3) is 0.800. The molecule has 0 rings (SSSR count). The zero-order chi connectivity index (χ0) is 13.0. The van der Waals surface area contributed by atoms with Crippen LogP contribution in [0.25, 0.3) is 0 Å². The van der Waals surface area contributed by atoms with Gasteiger partial charge in [0.25, 0.3) is 10.3 Å². The first-order chi connectivity index (χ1) is 7.45. The number of aliphatic hydroxyl groups is 2. The van der Waals surface area contributed by atoms with Gasteiger partial charge in [-0.15, -0.1) is 0 Å². The van der Waals surface area contributed by atoms with Crippen molar-refractivity contribution in [3.8, 4) is 0 Å². The van der Waals surface area contributed by atoms with E-state index in [-0.39, 0.29) is 26.2 Å². The van der Waals surface area contributed by atoms with Crippen molar-refractivity contribution in [3.63, 3.8) is 0 Å². The molecule has 102 valence electrons. The maximum atomic E-state index is 9.12. The Balaban J connectivity index is -0.000000340. The number of thiocarbonyl (C=S) groups is 2. The smallest absolute Gasteiger partial charge is 0.256 e. The van der Waals surface area contributed by atoms with Crippen molar-refractivity contribution < 1.29 is 31.3 Å². The SMILES string of the molecule is CCCCN(CCCC)C(O)=S.NC(O)=S.[Mo]. The van der Waals surface area contributed by atoms with E-state index in [1.807, 2.05) is 4.90 Å². The second kappa shape index (κ2) is 16.1. The normalized spacial score (nSPS) is 8.35. The van der Waals surface area contributed by atoms with Crippen LogP contribution >= 0.6 is 24.4 Å². The van der Waals surface area contributed by atoms with Crippen LogP contribution in [0.15, 0.2) is 0 Å². The maximum absolute atomic E-state index is 9.12. The molecule has 0 aromatic rings. The van der Waals surface area contributed by atoms with Gasteiger partial charge in [0, 0.05) is 34.2 Å². The largest absolute Gasteiger partial charge is 0.487 e. The molecule has 0 spiro atoms. The average molecular weight is 362 g/mol. The minimum absolute atomic E-state index is 0. The number of aliphatic hydroxyl groups excluding tert-OH is 2. The number of nitrogens with zero attached hydrogens (tertiary/aromatic N) is 1. The van der Waals surface area contributed by atoms with Gasteiger partial charge in [-0.2, -0.15) is 0 Å². The summed E-state index contributed by atoms with van der Waals surface area (Å²) in [4.78, 5) is 1.88. The summed E-state index contributed by atoms with van der Waals surface area (Å²) in [6, 6.07) is 0. The molecular formula is C10H22MoN2O2S2. The number of hydrogen-bond acceptors (Lipinski definition) is 2. The molecule has 0 aromatic heterocycles. The maximum Gasteiger partial charge on any atom is 0.256 e. The summed E-state index contributed by atoms with van der Waals surface area (Å²) in [5.41, 5.74) is 4.40. The molecule has 0 bridgehead atoms. The van der Waals surface area contributed by atoms with E-state index < -0.39 is 5.17 Å². The summed E-state index contributed by atoms with van der Waals surface area (Å²) >= 11 is 8.60. The van der Waals surface area contributed by atoms with E-state index in [1.165, 1.54) is 0 Å². The van der Waals surface area contributed by atoms with E-state index in [9.17, 15) is 0 Å².